The van der Waals surface area contributed by atoms with Gasteiger partial charge in [0.25, 0.3) is 0 Å². The van der Waals surface area contributed by atoms with Crippen LogP contribution in [0.3, 0.4) is 0 Å². The zero-order chi connectivity index (χ0) is 108. The van der Waals surface area contributed by atoms with Crippen LogP contribution in [-0.2, 0) is 128 Å². The van der Waals surface area contributed by atoms with Gasteiger partial charge in [0, 0.05) is 34.6 Å². The molecule has 846 valence electrons. The zero-order valence-electron chi connectivity index (χ0n) is 79.2. The molecule has 0 aromatic rings. The summed E-state index contributed by atoms with van der Waals surface area (Å²) in [7, 11) is 0. The first-order valence-electron chi connectivity index (χ1n) is 46.8. The first-order valence-corrected chi connectivity index (χ1v) is 46.8. The molecule has 11 rings (SSSR count). The minimum Gasteiger partial charge on any atom is -0.394 e. The molecule has 59 atom stereocenters. The van der Waals surface area contributed by atoms with Crippen LogP contribution in [0.4, 0.5) is 0 Å². The molecular formula is C82H139N5O59. The van der Waals surface area contributed by atoms with Crippen molar-refractivity contribution in [1.82, 2.24) is 26.6 Å². The highest BCUT2D eigenvalue weighted by Crippen LogP contribution is 2.43. The number of carbonyl (C=O) groups excluding carboxylic acids is 5. The van der Waals surface area contributed by atoms with E-state index in [4.69, 9.17) is 104 Å². The molecule has 0 spiro atoms. The SMILES string of the molecule is CC(=O)N[C@H]1[C@H](O[C@@H]([C@H](O)[C@H](CO)NC(C)=O)[C@H](O)CO[C@@H]2O[C@@H](C)[C@@H](O)[C@@H](O)[C@@H]2O)O[C@H](CO)[C@@H](O[C@@H]2O[C@H](CO[C@H]3O[C@H](CO)[C@@H](O)[C@H](O)[C@@H]3O[C@@H]3O[C@H](CO)[C@@H](O[C@@H]4O[C@H](CO)[C@H](O)[C@H](O)[C@H]4O)[C@H](O)[C@H]3NC(C)=O)[C@@H](O[C@@H]3O[C@H](CO)[C@@H](O)[C@H](O)[C@H]3NC(C)=O)[C@H](O[C@H]3O[C@H](CO)[C@@H](O)[C@H](O)[C@@H]3O[C@@H]3O[C@H](CO)[C@@H](O[C@@H]4O[C@H](CO)[C@H](O)[C@H](O)[C@H]4O[C@@H]4O[C@@H](C)[C@@H](O)[C@@H](O)[C@@H]4O)[C@H](O)[C@H]3NC(C)=O)[C@@H]2O)[C@@H]1O. The van der Waals surface area contributed by atoms with Crippen LogP contribution in [0.1, 0.15) is 48.5 Å². The Morgan fingerprint density at radius 2 is 0.534 bits per heavy atom. The topological polar surface area (TPSA) is 996 Å². The fraction of sp³-hybridized carbons (Fsp3) is 0.939. The second-order valence-corrected chi connectivity index (χ2v) is 37.1. The minimum absolute atomic E-state index is 0.843. The highest BCUT2D eigenvalue weighted by Gasteiger charge is 2.64. The lowest BCUT2D eigenvalue weighted by Crippen LogP contribution is -2.71. The fourth-order valence-electron chi connectivity index (χ4n) is 18.7. The number of amides is 5. The number of carbonyl (C=O) groups is 5. The van der Waals surface area contributed by atoms with Gasteiger partial charge in [-0.1, -0.05) is 0 Å². The second-order valence-electron chi connectivity index (χ2n) is 37.1. The molecule has 11 heterocycles. The largest absolute Gasteiger partial charge is 0.394 e. The van der Waals surface area contributed by atoms with E-state index in [-0.39, 0.29) is 0 Å². The van der Waals surface area contributed by atoms with Gasteiger partial charge in [-0.2, -0.15) is 0 Å². The Morgan fingerprint density at radius 3 is 0.932 bits per heavy atom. The van der Waals surface area contributed by atoms with Crippen molar-refractivity contribution in [2.45, 2.75) is 410 Å². The summed E-state index contributed by atoms with van der Waals surface area (Å²) in [6.45, 7) is -6.74. The molecule has 0 aromatic carbocycles. The third kappa shape index (κ3) is 27.4. The van der Waals surface area contributed by atoms with E-state index in [2.05, 4.69) is 26.6 Å². The number of hydrogen-bond donors (Lipinski definition) is 37. The van der Waals surface area contributed by atoms with Crippen molar-refractivity contribution in [1.29, 1.82) is 0 Å². The van der Waals surface area contributed by atoms with Crippen LogP contribution < -0.4 is 26.6 Å². The molecule has 0 bridgehead atoms. The Morgan fingerprint density at radius 1 is 0.253 bits per heavy atom. The second kappa shape index (κ2) is 53.6. The standard InChI is InChI=1S/C82H139N5O59/c1-19-41(103)53(115)59(121)76(127-19)125-17-27(102)63(43(105)26(8-88)83-21(3)97)138-73-38(85-23(5)99)50(112)65(34(15-95)134-73)140-79-62(124)68(143-82-70(57(119)47(109)32(13-93)133-82)145-75-40(87-25(7)101)52(114)66(35(16-96)136-75)141-81-71(58(120)48(110)31(12-92)132-81)146-77-60(122)54(116)42(104)20(2)128-77)67(142-72-37(84-22(4)98)49(111)44(106)28(9-89)129-72)36(137-79)18-126-80-69(56(118)46(108)30(11-91)131-80)144-74-39(86-24(6)100)51(113)64(33(14-94)135-74)139-78-61(123)55(117)45(107)29(10-90)130-78/h19-20,26-82,88-96,102-124H,8-18H2,1-7H3,(H,83,97)(H,84,98)(H,85,99)(H,86,100)(H,87,101)/t19-,20-,26-,27+,28+,29+,30+,31+,32+,33+,34+,35+,36+,37+,38+,39+,40+,41+,42+,43+,44+,45-,46+,47+,48-,49+,50+,51+,52+,53+,54+,55-,56-,57-,58-,59-,60-,61+,62-,63+,64+,65+,66+,67+,68+,69-,70-,71+,72-,73-,74-,75-,76+,77-,78-,79-,80-,81-,82+/m0/s1. The molecule has 0 radical (unpaired) electrons. The summed E-state index contributed by atoms with van der Waals surface area (Å²) in [5, 5.41) is 375. The monoisotopic (exact) mass is 2140 g/mol. The van der Waals surface area contributed by atoms with Crippen molar-refractivity contribution in [3.05, 3.63) is 0 Å². The summed E-state index contributed by atoms with van der Waals surface area (Å²) in [4.78, 5) is 66.2. The summed E-state index contributed by atoms with van der Waals surface area (Å²) < 4.78 is 134. The van der Waals surface area contributed by atoms with Crippen molar-refractivity contribution >= 4 is 29.5 Å². The van der Waals surface area contributed by atoms with Crippen molar-refractivity contribution < 1.29 is 292 Å². The predicted molar refractivity (Wildman–Crippen MR) is 452 cm³/mol. The summed E-state index contributed by atoms with van der Waals surface area (Å²) in [5.74, 6) is -5.19. The van der Waals surface area contributed by atoms with Gasteiger partial charge in [0.15, 0.2) is 69.2 Å². The maximum atomic E-state index is 13.6. The predicted octanol–water partition coefficient (Wildman–Crippen LogP) is -24.7. The molecule has 0 aromatic heterocycles. The lowest BCUT2D eigenvalue weighted by molar-refractivity contribution is -0.409. The minimum atomic E-state index is -2.89. The van der Waals surface area contributed by atoms with Crippen LogP contribution in [0, 0.1) is 0 Å². The average Bonchev–Trinajstić information content (AvgIpc) is 0.756. The summed E-state index contributed by atoms with van der Waals surface area (Å²) >= 11 is 0. The highest BCUT2D eigenvalue weighted by atomic mass is 16.8. The molecule has 64 heteroatoms. The third-order valence-electron chi connectivity index (χ3n) is 26.7. The van der Waals surface area contributed by atoms with Gasteiger partial charge in [0.05, 0.1) is 90.9 Å². The van der Waals surface area contributed by atoms with Gasteiger partial charge >= 0.3 is 0 Å². The third-order valence-corrected chi connectivity index (χ3v) is 26.7. The van der Waals surface area contributed by atoms with Gasteiger partial charge in [0.2, 0.25) is 29.5 Å². The molecule has 64 nitrogen and oxygen atoms in total. The van der Waals surface area contributed by atoms with E-state index in [0.717, 1.165) is 34.6 Å². The highest BCUT2D eigenvalue weighted by molar-refractivity contribution is 5.75. The van der Waals surface area contributed by atoms with Gasteiger partial charge in [-0.05, 0) is 13.8 Å². The van der Waals surface area contributed by atoms with E-state index in [1.165, 1.54) is 13.8 Å². The quantitative estimate of drug-likeness (QED) is 0.0270. The molecule has 0 unspecified atom stereocenters. The lowest BCUT2D eigenvalue weighted by atomic mass is 9.93. The van der Waals surface area contributed by atoms with Crippen molar-refractivity contribution in [3.8, 4) is 0 Å². The Labute approximate surface area is 828 Å². The van der Waals surface area contributed by atoms with Crippen LogP contribution in [0.5, 0.6) is 0 Å². The van der Waals surface area contributed by atoms with E-state index in [0.29, 0.717) is 0 Å². The van der Waals surface area contributed by atoms with Gasteiger partial charge in [-0.3, -0.25) is 24.0 Å². The van der Waals surface area contributed by atoms with E-state index in [1.54, 1.807) is 0 Å². The molecule has 11 aliphatic rings. The fourth-order valence-corrected chi connectivity index (χ4v) is 18.7. The molecule has 11 saturated heterocycles. The molecular weight excluding hydrogens is 2000 g/mol. The first-order chi connectivity index (χ1) is 69.0. The van der Waals surface area contributed by atoms with Crippen molar-refractivity contribution in [3.63, 3.8) is 0 Å². The van der Waals surface area contributed by atoms with Gasteiger partial charge in [0.1, 0.15) is 274 Å². The first kappa shape index (κ1) is 121. The number of hydrogen-bond acceptors (Lipinski definition) is 59. The summed E-state index contributed by atoms with van der Waals surface area (Å²) in [6, 6.07) is -10.4. The molecule has 37 N–H and O–H groups in total. The van der Waals surface area contributed by atoms with Gasteiger partial charge in [-0.25, -0.2) is 0 Å². The molecule has 0 saturated carbocycles. The van der Waals surface area contributed by atoms with Crippen LogP contribution in [0.2, 0.25) is 0 Å². The Kier molecular flexibility index (Phi) is 44.5. The van der Waals surface area contributed by atoms with Crippen LogP contribution in [0.25, 0.3) is 0 Å². The van der Waals surface area contributed by atoms with E-state index >= 15 is 0 Å². The summed E-state index contributed by atoms with van der Waals surface area (Å²) in [6.07, 6.45) is -119. The zero-order valence-corrected chi connectivity index (χ0v) is 79.2. The average molecular weight is 2140 g/mol. The Bertz CT molecular complexity index is 4040. The van der Waals surface area contributed by atoms with Gasteiger partial charge < -0.3 is 294 Å². The molecule has 11 fully saturated rings. The lowest BCUT2D eigenvalue weighted by Gasteiger charge is -2.52. The normalized spacial score (nSPS) is 47.5. The van der Waals surface area contributed by atoms with Gasteiger partial charge in [-0.15, -0.1) is 0 Å². The van der Waals surface area contributed by atoms with Crippen LogP contribution in [0.15, 0.2) is 0 Å². The number of rotatable bonds is 41. The molecule has 0 aliphatic carbocycles. The number of aliphatic hydroxyl groups is 32. The molecule has 11 aliphatic heterocycles. The van der Waals surface area contributed by atoms with Crippen LogP contribution in [-0.4, -0.2) is 627 Å². The number of aliphatic hydroxyl groups excluding tert-OH is 32. The van der Waals surface area contributed by atoms with Crippen molar-refractivity contribution in [2.75, 3.05) is 72.7 Å². The maximum Gasteiger partial charge on any atom is 0.217 e. The van der Waals surface area contributed by atoms with E-state index in [1.807, 2.05) is 0 Å². The molecule has 146 heavy (non-hydrogen) atoms. The number of ether oxygens (including phenoxy) is 22. The molecule has 5 amide bonds. The summed E-state index contributed by atoms with van der Waals surface area (Å²) in [5.41, 5.74) is 0. The van der Waals surface area contributed by atoms with E-state index in [9.17, 15) is 187 Å². The number of nitrogens with one attached hydrogen (secondary N) is 5. The maximum absolute atomic E-state index is 13.6. The van der Waals surface area contributed by atoms with Crippen molar-refractivity contribution in [2.24, 2.45) is 0 Å². The Balaban J connectivity index is 1.02. The van der Waals surface area contributed by atoms with Crippen LogP contribution >= 0.6 is 0 Å². The smallest absolute Gasteiger partial charge is 0.217 e. The van der Waals surface area contributed by atoms with E-state index < -0.39 is 464 Å². The Hall–Kier alpha value is -4.81.